The molecule has 0 aliphatic rings. The predicted octanol–water partition coefficient (Wildman–Crippen LogP) is 3.56. The molecule has 0 aromatic heterocycles. The highest BCUT2D eigenvalue weighted by molar-refractivity contribution is 6.30. The van der Waals surface area contributed by atoms with Gasteiger partial charge < -0.3 is 11.1 Å². The SMILES string of the molecule is Cc1cc(Cl)ccc1C(=O)NC(C)(CN)CC(C)C.Cl. The number of carbonyl (C=O) groups is 1. The van der Waals surface area contributed by atoms with Gasteiger partial charge in [-0.2, -0.15) is 0 Å². The lowest BCUT2D eigenvalue weighted by Crippen LogP contribution is -2.52. The van der Waals surface area contributed by atoms with Crippen molar-refractivity contribution < 1.29 is 4.79 Å². The lowest BCUT2D eigenvalue weighted by molar-refractivity contribution is 0.0897. The molecule has 3 nitrogen and oxygen atoms in total. The fourth-order valence-electron chi connectivity index (χ4n) is 2.31. The van der Waals surface area contributed by atoms with Gasteiger partial charge in [-0.3, -0.25) is 4.79 Å². The van der Waals surface area contributed by atoms with Crippen molar-refractivity contribution in [3.05, 3.63) is 34.3 Å². The molecule has 1 aromatic rings. The van der Waals surface area contributed by atoms with Gasteiger partial charge in [0.05, 0.1) is 0 Å². The van der Waals surface area contributed by atoms with Crippen molar-refractivity contribution in [1.29, 1.82) is 0 Å². The number of halogens is 2. The summed E-state index contributed by atoms with van der Waals surface area (Å²) in [6, 6.07) is 5.27. The first-order chi connectivity index (χ1) is 8.77. The predicted molar refractivity (Wildman–Crippen MR) is 87.8 cm³/mol. The van der Waals surface area contributed by atoms with Crippen molar-refractivity contribution in [2.24, 2.45) is 11.7 Å². The summed E-state index contributed by atoms with van der Waals surface area (Å²) in [4.78, 5) is 12.3. The quantitative estimate of drug-likeness (QED) is 0.872. The van der Waals surface area contributed by atoms with E-state index in [-0.39, 0.29) is 23.9 Å². The summed E-state index contributed by atoms with van der Waals surface area (Å²) >= 11 is 5.90. The van der Waals surface area contributed by atoms with E-state index in [1.165, 1.54) is 0 Å². The number of nitrogens with one attached hydrogen (secondary N) is 1. The Morgan fingerprint density at radius 2 is 2.05 bits per heavy atom. The Morgan fingerprint density at radius 1 is 1.45 bits per heavy atom. The molecule has 0 aliphatic carbocycles. The van der Waals surface area contributed by atoms with Crippen molar-refractivity contribution in [1.82, 2.24) is 5.32 Å². The minimum Gasteiger partial charge on any atom is -0.346 e. The highest BCUT2D eigenvalue weighted by Gasteiger charge is 2.26. The van der Waals surface area contributed by atoms with Gasteiger partial charge in [-0.1, -0.05) is 25.4 Å². The maximum Gasteiger partial charge on any atom is 0.252 e. The van der Waals surface area contributed by atoms with Gasteiger partial charge in [0.1, 0.15) is 0 Å². The van der Waals surface area contributed by atoms with Crippen molar-refractivity contribution in [3.63, 3.8) is 0 Å². The van der Waals surface area contributed by atoms with Gasteiger partial charge in [0.25, 0.3) is 5.91 Å². The van der Waals surface area contributed by atoms with Crippen LogP contribution in [0, 0.1) is 12.8 Å². The van der Waals surface area contributed by atoms with Gasteiger partial charge in [0, 0.05) is 22.7 Å². The molecule has 20 heavy (non-hydrogen) atoms. The van der Waals surface area contributed by atoms with Crippen LogP contribution in [0.5, 0.6) is 0 Å². The molecule has 0 aliphatic heterocycles. The molecule has 1 atom stereocenters. The Bertz CT molecular complexity index is 463. The van der Waals surface area contributed by atoms with E-state index in [9.17, 15) is 4.79 Å². The Morgan fingerprint density at radius 3 is 2.50 bits per heavy atom. The van der Waals surface area contributed by atoms with Crippen LogP contribution in [0.3, 0.4) is 0 Å². The molecule has 0 saturated carbocycles. The summed E-state index contributed by atoms with van der Waals surface area (Å²) in [6.07, 6.45) is 0.849. The van der Waals surface area contributed by atoms with Crippen LogP contribution >= 0.6 is 24.0 Å². The lowest BCUT2D eigenvalue weighted by Gasteiger charge is -2.31. The summed E-state index contributed by atoms with van der Waals surface area (Å²) in [5.74, 6) is 0.378. The van der Waals surface area contributed by atoms with E-state index in [1.807, 2.05) is 13.8 Å². The molecule has 0 bridgehead atoms. The van der Waals surface area contributed by atoms with Crippen molar-refractivity contribution in [3.8, 4) is 0 Å². The minimum atomic E-state index is -0.378. The summed E-state index contributed by atoms with van der Waals surface area (Å²) < 4.78 is 0. The molecular formula is C15H24Cl2N2O. The summed E-state index contributed by atoms with van der Waals surface area (Å²) in [5, 5.41) is 3.68. The van der Waals surface area contributed by atoms with Gasteiger partial charge in [0.2, 0.25) is 0 Å². The highest BCUT2D eigenvalue weighted by Crippen LogP contribution is 2.19. The molecule has 114 valence electrons. The molecule has 3 N–H and O–H groups in total. The monoisotopic (exact) mass is 318 g/mol. The fourth-order valence-corrected chi connectivity index (χ4v) is 2.54. The number of aryl methyl sites for hydroxylation is 1. The van der Waals surface area contributed by atoms with Crippen molar-refractivity contribution in [2.45, 2.75) is 39.7 Å². The first-order valence-corrected chi connectivity index (χ1v) is 6.94. The third kappa shape index (κ3) is 5.31. The van der Waals surface area contributed by atoms with E-state index < -0.39 is 0 Å². The first-order valence-electron chi connectivity index (χ1n) is 6.56. The molecule has 1 rings (SSSR count). The van der Waals surface area contributed by atoms with E-state index in [2.05, 4.69) is 19.2 Å². The average molecular weight is 319 g/mol. The van der Waals surface area contributed by atoms with Crippen molar-refractivity contribution in [2.75, 3.05) is 6.54 Å². The van der Waals surface area contributed by atoms with E-state index in [1.54, 1.807) is 18.2 Å². The lowest BCUT2D eigenvalue weighted by atomic mass is 9.90. The molecule has 0 fully saturated rings. The Balaban J connectivity index is 0.00000361. The maximum atomic E-state index is 12.3. The Kier molecular flexibility index (Phi) is 7.56. The molecule has 0 radical (unpaired) electrons. The Hall–Kier alpha value is -0.770. The van der Waals surface area contributed by atoms with Crippen LogP contribution in [0.4, 0.5) is 0 Å². The van der Waals surface area contributed by atoms with E-state index in [0.29, 0.717) is 23.0 Å². The summed E-state index contributed by atoms with van der Waals surface area (Å²) in [5.41, 5.74) is 6.95. The number of carbonyl (C=O) groups excluding carboxylic acids is 1. The topological polar surface area (TPSA) is 55.1 Å². The van der Waals surface area contributed by atoms with E-state index in [4.69, 9.17) is 17.3 Å². The molecule has 5 heteroatoms. The minimum absolute atomic E-state index is 0. The molecule has 1 amide bonds. The van der Waals surface area contributed by atoms with Crippen LogP contribution in [0.25, 0.3) is 0 Å². The van der Waals surface area contributed by atoms with E-state index >= 15 is 0 Å². The van der Waals surface area contributed by atoms with Crippen LogP contribution in [-0.4, -0.2) is 18.0 Å². The average Bonchev–Trinajstić information content (AvgIpc) is 2.27. The second kappa shape index (κ2) is 7.87. The molecule has 0 heterocycles. The second-order valence-corrected chi connectivity index (χ2v) is 6.21. The molecule has 0 saturated heterocycles. The van der Waals surface area contributed by atoms with E-state index in [0.717, 1.165) is 12.0 Å². The smallest absolute Gasteiger partial charge is 0.252 e. The van der Waals surface area contributed by atoms with Gasteiger partial charge in [-0.15, -0.1) is 12.4 Å². The molecule has 1 aromatic carbocycles. The number of benzene rings is 1. The third-order valence-electron chi connectivity index (χ3n) is 3.16. The number of hydrogen-bond acceptors (Lipinski definition) is 2. The number of rotatable bonds is 5. The third-order valence-corrected chi connectivity index (χ3v) is 3.39. The normalized spacial score (nSPS) is 13.6. The van der Waals surface area contributed by atoms with Gasteiger partial charge in [0.15, 0.2) is 0 Å². The summed E-state index contributed by atoms with van der Waals surface area (Å²) in [7, 11) is 0. The van der Waals surface area contributed by atoms with Crippen LogP contribution in [0.1, 0.15) is 43.1 Å². The zero-order valence-electron chi connectivity index (χ0n) is 12.5. The van der Waals surface area contributed by atoms with Gasteiger partial charge in [-0.05, 0) is 49.9 Å². The van der Waals surface area contributed by atoms with Crippen LogP contribution < -0.4 is 11.1 Å². The standard InChI is InChI=1S/C15H23ClN2O.ClH/c1-10(2)8-15(4,9-17)18-14(19)13-6-5-12(16)7-11(13)3;/h5-7,10H,8-9,17H2,1-4H3,(H,18,19);1H. The number of amides is 1. The summed E-state index contributed by atoms with van der Waals surface area (Å²) in [6.45, 7) is 8.52. The number of hydrogen-bond donors (Lipinski definition) is 2. The van der Waals surface area contributed by atoms with Crippen LogP contribution in [0.15, 0.2) is 18.2 Å². The molecular weight excluding hydrogens is 295 g/mol. The zero-order valence-corrected chi connectivity index (χ0v) is 14.1. The van der Waals surface area contributed by atoms with Gasteiger partial charge in [-0.25, -0.2) is 0 Å². The zero-order chi connectivity index (χ0) is 14.6. The van der Waals surface area contributed by atoms with Crippen molar-refractivity contribution >= 4 is 29.9 Å². The largest absolute Gasteiger partial charge is 0.346 e. The number of nitrogens with two attached hydrogens (primary N) is 1. The molecule has 0 spiro atoms. The Labute approximate surface area is 132 Å². The van der Waals surface area contributed by atoms with Crippen LogP contribution in [-0.2, 0) is 0 Å². The maximum absolute atomic E-state index is 12.3. The highest BCUT2D eigenvalue weighted by atomic mass is 35.5. The first kappa shape index (κ1) is 19.2. The molecule has 1 unspecified atom stereocenters. The fraction of sp³-hybridized carbons (Fsp3) is 0.533. The van der Waals surface area contributed by atoms with Crippen LogP contribution in [0.2, 0.25) is 5.02 Å². The van der Waals surface area contributed by atoms with Gasteiger partial charge >= 0.3 is 0 Å². The second-order valence-electron chi connectivity index (χ2n) is 5.78.